The van der Waals surface area contributed by atoms with Gasteiger partial charge in [-0.2, -0.15) is 0 Å². The Bertz CT molecular complexity index is 989. The number of hydrogen-bond donors (Lipinski definition) is 1. The van der Waals surface area contributed by atoms with Crippen molar-refractivity contribution in [3.63, 3.8) is 0 Å². The van der Waals surface area contributed by atoms with Crippen LogP contribution in [0.2, 0.25) is 0 Å². The zero-order valence-electron chi connectivity index (χ0n) is 15.9. The molecule has 0 bridgehead atoms. The van der Waals surface area contributed by atoms with Gasteiger partial charge in [0.2, 0.25) is 0 Å². The van der Waals surface area contributed by atoms with Gasteiger partial charge in [0.05, 0.1) is 4.88 Å². The molecule has 0 aliphatic carbocycles. The maximum absolute atomic E-state index is 10.4. The molecule has 0 saturated carbocycles. The number of nitrogens with zero attached hydrogens (tertiary/aromatic N) is 2. The van der Waals surface area contributed by atoms with E-state index < -0.39 is 0 Å². The molecular formula is C22H24N2OS3. The molecular weight excluding hydrogens is 404 g/mol. The number of benzene rings is 2. The summed E-state index contributed by atoms with van der Waals surface area (Å²) in [5, 5.41) is 10.4. The zero-order valence-corrected chi connectivity index (χ0v) is 18.4. The highest BCUT2D eigenvalue weighted by Crippen LogP contribution is 2.36. The van der Waals surface area contributed by atoms with E-state index in [1.54, 1.807) is 20.7 Å². The van der Waals surface area contributed by atoms with Gasteiger partial charge in [0, 0.05) is 44.8 Å². The van der Waals surface area contributed by atoms with Gasteiger partial charge in [-0.05, 0) is 41.8 Å². The van der Waals surface area contributed by atoms with Crippen molar-refractivity contribution in [3.05, 3.63) is 69.0 Å². The number of hydrogen-bond acceptors (Lipinski definition) is 6. The topological polar surface area (TPSA) is 26.7 Å². The lowest BCUT2D eigenvalue weighted by molar-refractivity contribution is 0.121. The third-order valence-corrected chi connectivity index (χ3v) is 8.67. The van der Waals surface area contributed by atoms with Crippen LogP contribution in [0.1, 0.15) is 16.7 Å². The van der Waals surface area contributed by atoms with Crippen LogP contribution in [0, 0.1) is 10.7 Å². The lowest BCUT2D eigenvalue weighted by Gasteiger charge is -2.34. The molecule has 1 saturated heterocycles. The van der Waals surface area contributed by atoms with Crippen molar-refractivity contribution in [3.8, 4) is 16.2 Å². The van der Waals surface area contributed by atoms with Crippen LogP contribution < -0.4 is 0 Å². The van der Waals surface area contributed by atoms with Crippen LogP contribution in [0.3, 0.4) is 0 Å². The predicted molar refractivity (Wildman–Crippen MR) is 122 cm³/mol. The molecule has 146 valence electrons. The minimum atomic E-state index is 0.381. The van der Waals surface area contributed by atoms with Gasteiger partial charge in [0.25, 0.3) is 0 Å². The molecule has 0 spiro atoms. The summed E-state index contributed by atoms with van der Waals surface area (Å²) in [6, 6.07) is 16.6. The molecule has 1 aliphatic heterocycles. The minimum absolute atomic E-state index is 0.381. The van der Waals surface area contributed by atoms with Crippen LogP contribution in [-0.2, 0) is 13.1 Å². The molecule has 3 nitrogen and oxygen atoms in total. The van der Waals surface area contributed by atoms with E-state index in [0.29, 0.717) is 5.75 Å². The second-order valence-corrected chi connectivity index (χ2v) is 10.1. The molecule has 3 aromatic rings. The van der Waals surface area contributed by atoms with Crippen molar-refractivity contribution in [2.75, 3.05) is 26.2 Å². The van der Waals surface area contributed by atoms with Crippen molar-refractivity contribution >= 4 is 32.9 Å². The first-order valence-electron chi connectivity index (χ1n) is 9.51. The van der Waals surface area contributed by atoms with Gasteiger partial charge in [-0.1, -0.05) is 63.2 Å². The van der Waals surface area contributed by atoms with E-state index in [1.807, 2.05) is 12.1 Å². The fraction of sp³-hybridized carbons (Fsp3) is 0.318. The molecule has 1 aromatic heterocycles. The monoisotopic (exact) mass is 428 g/mol. The van der Waals surface area contributed by atoms with Crippen LogP contribution in [0.15, 0.2) is 48.5 Å². The Kier molecular flexibility index (Phi) is 6.23. The summed E-state index contributed by atoms with van der Waals surface area (Å²) >= 11 is 5.39. The highest BCUT2D eigenvalue weighted by Gasteiger charge is 2.19. The first kappa shape index (κ1) is 19.7. The largest absolute Gasteiger partial charge is 0.508 e. The van der Waals surface area contributed by atoms with Gasteiger partial charge < -0.3 is 5.11 Å². The van der Waals surface area contributed by atoms with Crippen molar-refractivity contribution in [2.45, 2.75) is 20.0 Å². The summed E-state index contributed by atoms with van der Waals surface area (Å²) in [7, 11) is 3.38. The maximum atomic E-state index is 10.4. The third-order valence-electron chi connectivity index (χ3n) is 5.30. The fourth-order valence-electron chi connectivity index (χ4n) is 3.60. The highest BCUT2D eigenvalue weighted by molar-refractivity contribution is 7.80. The normalized spacial score (nSPS) is 15.8. The van der Waals surface area contributed by atoms with Crippen LogP contribution in [0.25, 0.3) is 10.4 Å². The molecule has 4 rings (SSSR count). The van der Waals surface area contributed by atoms with Crippen molar-refractivity contribution in [1.82, 2.24) is 9.80 Å². The van der Waals surface area contributed by atoms with Gasteiger partial charge in [0.15, 0.2) is 0 Å². The van der Waals surface area contributed by atoms with Gasteiger partial charge in [-0.25, -0.2) is 0 Å². The molecule has 0 radical (unpaired) electrons. The Labute approximate surface area is 178 Å². The van der Waals surface area contributed by atoms with E-state index in [9.17, 15) is 5.11 Å². The first-order chi connectivity index (χ1) is 13.6. The van der Waals surface area contributed by atoms with Gasteiger partial charge in [-0.3, -0.25) is 9.80 Å². The molecule has 1 N–H and O–H groups in total. The second kappa shape index (κ2) is 8.84. The predicted octanol–water partition coefficient (Wildman–Crippen LogP) is 5.54. The fourth-order valence-corrected chi connectivity index (χ4v) is 6.49. The molecule has 6 heteroatoms. The Morgan fingerprint density at radius 1 is 0.929 bits per heavy atom. The summed E-state index contributed by atoms with van der Waals surface area (Å²) in [6.07, 6.45) is 0. The number of phenolic OH excluding ortho intramolecular Hbond substituents is 1. The van der Waals surface area contributed by atoms with Gasteiger partial charge in [0.1, 0.15) is 9.57 Å². The Balaban J connectivity index is 1.40. The SMILES string of the molecule is Cc1c(-c2ccc(O)c(CN3CCN(Cc4ccccc4)CC3)c2)ssc1=S. The Morgan fingerprint density at radius 2 is 1.61 bits per heavy atom. The molecule has 2 aromatic carbocycles. The number of rotatable bonds is 5. The molecule has 1 aliphatic rings. The molecule has 0 amide bonds. The van der Waals surface area contributed by atoms with E-state index in [4.69, 9.17) is 12.2 Å². The van der Waals surface area contributed by atoms with E-state index >= 15 is 0 Å². The quantitative estimate of drug-likeness (QED) is 0.426. The number of piperazine rings is 1. The average Bonchev–Trinajstić information content (AvgIpc) is 3.05. The van der Waals surface area contributed by atoms with Crippen LogP contribution in [-0.4, -0.2) is 41.1 Å². The average molecular weight is 429 g/mol. The van der Waals surface area contributed by atoms with Gasteiger partial charge >= 0.3 is 0 Å². The lowest BCUT2D eigenvalue weighted by Crippen LogP contribution is -2.45. The molecule has 28 heavy (non-hydrogen) atoms. The summed E-state index contributed by atoms with van der Waals surface area (Å²) < 4.78 is 0.962. The second-order valence-electron chi connectivity index (χ2n) is 7.29. The van der Waals surface area contributed by atoms with E-state index in [2.05, 4.69) is 53.1 Å². The zero-order chi connectivity index (χ0) is 19.5. The Hall–Kier alpha value is -1.57. The Morgan fingerprint density at radius 3 is 2.25 bits per heavy atom. The third kappa shape index (κ3) is 4.53. The first-order valence-corrected chi connectivity index (χ1v) is 12.1. The van der Waals surface area contributed by atoms with Crippen molar-refractivity contribution in [1.29, 1.82) is 0 Å². The lowest BCUT2D eigenvalue weighted by atomic mass is 10.1. The molecule has 0 unspecified atom stereocenters. The summed E-state index contributed by atoms with van der Waals surface area (Å²) in [5.41, 5.74) is 4.70. The number of phenols is 1. The van der Waals surface area contributed by atoms with E-state index in [-0.39, 0.29) is 0 Å². The molecule has 0 atom stereocenters. The van der Waals surface area contributed by atoms with E-state index in [0.717, 1.165) is 54.2 Å². The van der Waals surface area contributed by atoms with Crippen molar-refractivity contribution < 1.29 is 5.11 Å². The van der Waals surface area contributed by atoms with Gasteiger partial charge in [-0.15, -0.1) is 0 Å². The highest BCUT2D eigenvalue weighted by atomic mass is 32.9. The molecule has 2 heterocycles. The summed E-state index contributed by atoms with van der Waals surface area (Å²) in [4.78, 5) is 6.16. The van der Waals surface area contributed by atoms with E-state index in [1.165, 1.54) is 16.0 Å². The van der Waals surface area contributed by atoms with Crippen LogP contribution >= 0.6 is 32.9 Å². The minimum Gasteiger partial charge on any atom is -0.508 e. The summed E-state index contributed by atoms with van der Waals surface area (Å²) in [6.45, 7) is 8.04. The van der Waals surface area contributed by atoms with Crippen LogP contribution in [0.4, 0.5) is 0 Å². The smallest absolute Gasteiger partial charge is 0.120 e. The summed E-state index contributed by atoms with van der Waals surface area (Å²) in [5.74, 6) is 0.381. The maximum Gasteiger partial charge on any atom is 0.120 e. The van der Waals surface area contributed by atoms with Crippen LogP contribution in [0.5, 0.6) is 5.75 Å². The number of aromatic hydroxyl groups is 1. The standard InChI is InChI=1S/C22H24N2OS3/c1-16-21(27-28-22(16)26)18-7-8-20(25)19(13-18)15-24-11-9-23(10-12-24)14-17-5-3-2-4-6-17/h2-8,13,25H,9-12,14-15H2,1H3. The molecule has 1 fully saturated rings. The van der Waals surface area contributed by atoms with Crippen molar-refractivity contribution in [2.24, 2.45) is 0 Å².